The number of hydrogen-bond donors (Lipinski definition) is 0. The number of fused-ring (bicyclic) bond motifs is 1. The summed E-state index contributed by atoms with van der Waals surface area (Å²) in [5, 5.41) is 0. The minimum absolute atomic E-state index is 0.549. The van der Waals surface area contributed by atoms with Crippen LogP contribution in [-0.2, 0) is 0 Å². The SMILES string of the molecule is CN1CCC[C@H]2[C@@H](c3ccccc3)[C@@H](C3=NCCCC3)[C@@H](c3ccccc3)C[C@@H]21. The van der Waals surface area contributed by atoms with E-state index in [1.165, 1.54) is 61.9 Å². The normalized spacial score (nSPS) is 33.0. The van der Waals surface area contributed by atoms with E-state index in [9.17, 15) is 0 Å². The van der Waals surface area contributed by atoms with Crippen molar-refractivity contribution in [3.8, 4) is 0 Å². The zero-order chi connectivity index (χ0) is 19.6. The summed E-state index contributed by atoms with van der Waals surface area (Å²) in [6.07, 6.45) is 7.74. The molecule has 0 spiro atoms. The fourth-order valence-electron chi connectivity index (χ4n) is 6.56. The van der Waals surface area contributed by atoms with Crippen LogP contribution in [0, 0.1) is 11.8 Å². The Morgan fingerprint density at radius 1 is 0.828 bits per heavy atom. The highest BCUT2D eigenvalue weighted by Crippen LogP contribution is 2.54. The number of nitrogens with zero attached hydrogens (tertiary/aromatic N) is 2. The Morgan fingerprint density at radius 3 is 2.24 bits per heavy atom. The quantitative estimate of drug-likeness (QED) is 0.640. The molecule has 0 radical (unpaired) electrons. The van der Waals surface area contributed by atoms with Gasteiger partial charge in [0.15, 0.2) is 0 Å². The minimum atomic E-state index is 0.549. The Labute approximate surface area is 176 Å². The van der Waals surface area contributed by atoms with Crippen molar-refractivity contribution in [2.75, 3.05) is 20.1 Å². The predicted octanol–water partition coefficient (Wildman–Crippen LogP) is 5.91. The molecule has 2 fully saturated rings. The average Bonchev–Trinajstić information content (AvgIpc) is 2.80. The van der Waals surface area contributed by atoms with Crippen molar-refractivity contribution >= 4 is 5.71 Å². The van der Waals surface area contributed by atoms with Gasteiger partial charge in [0.2, 0.25) is 0 Å². The van der Waals surface area contributed by atoms with Crippen LogP contribution in [0.4, 0.5) is 0 Å². The lowest BCUT2D eigenvalue weighted by molar-refractivity contribution is 0.0449. The zero-order valence-electron chi connectivity index (χ0n) is 17.7. The Kier molecular flexibility index (Phi) is 5.54. The molecule has 2 aromatic rings. The van der Waals surface area contributed by atoms with Gasteiger partial charge < -0.3 is 4.90 Å². The summed E-state index contributed by atoms with van der Waals surface area (Å²) in [5.41, 5.74) is 4.58. The van der Waals surface area contributed by atoms with Crippen molar-refractivity contribution in [2.24, 2.45) is 16.8 Å². The van der Waals surface area contributed by atoms with E-state index < -0.39 is 0 Å². The second-order valence-corrected chi connectivity index (χ2v) is 9.40. The third-order valence-corrected chi connectivity index (χ3v) is 7.84. The van der Waals surface area contributed by atoms with Gasteiger partial charge in [0.1, 0.15) is 0 Å². The van der Waals surface area contributed by atoms with E-state index in [1.807, 2.05) is 0 Å². The van der Waals surface area contributed by atoms with Crippen molar-refractivity contribution in [3.05, 3.63) is 71.8 Å². The van der Waals surface area contributed by atoms with Crippen LogP contribution in [0.15, 0.2) is 65.7 Å². The molecular weight excluding hydrogens is 352 g/mol. The molecule has 2 aromatic carbocycles. The topological polar surface area (TPSA) is 15.6 Å². The predicted molar refractivity (Wildman–Crippen MR) is 122 cm³/mol. The highest BCUT2D eigenvalue weighted by atomic mass is 15.1. The van der Waals surface area contributed by atoms with E-state index in [2.05, 4.69) is 72.6 Å². The molecule has 0 unspecified atom stereocenters. The van der Waals surface area contributed by atoms with Gasteiger partial charge in [-0.15, -0.1) is 0 Å². The van der Waals surface area contributed by atoms with E-state index in [0.29, 0.717) is 23.8 Å². The van der Waals surface area contributed by atoms with E-state index in [1.54, 1.807) is 0 Å². The first-order valence-corrected chi connectivity index (χ1v) is 11.7. The lowest BCUT2D eigenvalue weighted by Gasteiger charge is -2.53. The molecule has 0 amide bonds. The fourth-order valence-corrected chi connectivity index (χ4v) is 6.56. The van der Waals surface area contributed by atoms with Gasteiger partial charge in [-0.1, -0.05) is 60.7 Å². The molecule has 2 nitrogen and oxygen atoms in total. The van der Waals surface area contributed by atoms with E-state index in [0.717, 1.165) is 12.5 Å². The second kappa shape index (κ2) is 8.44. The molecule has 5 atom stereocenters. The molecule has 0 N–H and O–H groups in total. The highest BCUT2D eigenvalue weighted by molar-refractivity contribution is 5.89. The summed E-state index contributed by atoms with van der Waals surface area (Å²) >= 11 is 0. The number of aliphatic imine (C=N–C) groups is 1. The molecule has 1 saturated carbocycles. The number of rotatable bonds is 3. The Morgan fingerprint density at radius 2 is 1.55 bits per heavy atom. The van der Waals surface area contributed by atoms with E-state index in [-0.39, 0.29) is 0 Å². The van der Waals surface area contributed by atoms with Crippen molar-refractivity contribution in [3.63, 3.8) is 0 Å². The van der Waals surface area contributed by atoms with E-state index >= 15 is 0 Å². The molecule has 0 aromatic heterocycles. The van der Waals surface area contributed by atoms with Crippen LogP contribution in [0.2, 0.25) is 0 Å². The maximum atomic E-state index is 5.16. The number of piperidine rings is 1. The van der Waals surface area contributed by atoms with Gasteiger partial charge in [-0.25, -0.2) is 0 Å². The minimum Gasteiger partial charge on any atom is -0.303 e. The number of likely N-dealkylation sites (tertiary alicyclic amines) is 1. The van der Waals surface area contributed by atoms with Crippen LogP contribution in [-0.4, -0.2) is 36.8 Å². The van der Waals surface area contributed by atoms with Gasteiger partial charge in [0.05, 0.1) is 0 Å². The first-order valence-electron chi connectivity index (χ1n) is 11.7. The van der Waals surface area contributed by atoms with Crippen LogP contribution in [0.3, 0.4) is 0 Å². The highest BCUT2D eigenvalue weighted by Gasteiger charge is 2.49. The summed E-state index contributed by atoms with van der Waals surface area (Å²) in [5.74, 6) is 2.44. The third-order valence-electron chi connectivity index (χ3n) is 7.84. The van der Waals surface area contributed by atoms with Crippen LogP contribution >= 0.6 is 0 Å². The van der Waals surface area contributed by atoms with Crippen molar-refractivity contribution in [1.29, 1.82) is 0 Å². The van der Waals surface area contributed by atoms with Gasteiger partial charge in [-0.3, -0.25) is 4.99 Å². The van der Waals surface area contributed by atoms with Crippen molar-refractivity contribution in [2.45, 2.75) is 56.4 Å². The van der Waals surface area contributed by atoms with Crippen molar-refractivity contribution < 1.29 is 0 Å². The lowest BCUT2D eigenvalue weighted by Crippen LogP contribution is -2.53. The Balaban J connectivity index is 1.64. The van der Waals surface area contributed by atoms with Crippen LogP contribution in [0.25, 0.3) is 0 Å². The van der Waals surface area contributed by atoms with Crippen LogP contribution < -0.4 is 0 Å². The summed E-state index contributed by atoms with van der Waals surface area (Å²) in [7, 11) is 2.36. The summed E-state index contributed by atoms with van der Waals surface area (Å²) < 4.78 is 0. The monoisotopic (exact) mass is 386 g/mol. The molecule has 2 heterocycles. The van der Waals surface area contributed by atoms with Gasteiger partial charge in [-0.05, 0) is 81.0 Å². The smallest absolute Gasteiger partial charge is 0.0388 e. The maximum absolute atomic E-state index is 5.16. The lowest BCUT2D eigenvalue weighted by atomic mass is 9.56. The Hall–Kier alpha value is -1.93. The molecule has 2 heteroatoms. The van der Waals surface area contributed by atoms with Gasteiger partial charge in [0, 0.05) is 24.2 Å². The fraction of sp³-hybridized carbons (Fsp3) is 0.519. The number of hydrogen-bond acceptors (Lipinski definition) is 2. The molecule has 1 aliphatic carbocycles. The summed E-state index contributed by atoms with van der Waals surface area (Å²) in [6, 6.07) is 23.4. The third kappa shape index (κ3) is 3.68. The van der Waals surface area contributed by atoms with Crippen LogP contribution in [0.1, 0.15) is 61.5 Å². The molecule has 5 rings (SSSR count). The van der Waals surface area contributed by atoms with Gasteiger partial charge >= 0.3 is 0 Å². The van der Waals surface area contributed by atoms with Gasteiger partial charge in [-0.2, -0.15) is 0 Å². The Bertz CT molecular complexity index is 828. The second-order valence-electron chi connectivity index (χ2n) is 9.40. The van der Waals surface area contributed by atoms with E-state index in [4.69, 9.17) is 4.99 Å². The molecule has 1 saturated heterocycles. The molecular formula is C27H34N2. The first-order chi connectivity index (χ1) is 14.3. The standard InChI is InChI=1S/C27H34N2/c1-29-18-10-15-22-25(29)19-23(20-11-4-2-5-12-20)27(24-16-8-9-17-28-24)26(22)21-13-6-3-7-14-21/h2-7,11-14,22-23,25-27H,8-10,15-19H2,1H3/t22-,23-,25+,26-,27-/m1/s1. The molecule has 3 aliphatic rings. The number of benzene rings is 2. The zero-order valence-corrected chi connectivity index (χ0v) is 17.7. The van der Waals surface area contributed by atoms with Gasteiger partial charge in [0.25, 0.3) is 0 Å². The van der Waals surface area contributed by atoms with Crippen molar-refractivity contribution in [1.82, 2.24) is 4.90 Å². The summed E-state index contributed by atoms with van der Waals surface area (Å²) in [4.78, 5) is 7.83. The molecule has 2 aliphatic heterocycles. The molecule has 0 bridgehead atoms. The first kappa shape index (κ1) is 19.1. The summed E-state index contributed by atoms with van der Waals surface area (Å²) in [6.45, 7) is 2.28. The molecule has 152 valence electrons. The van der Waals surface area contributed by atoms with Crippen LogP contribution in [0.5, 0.6) is 0 Å². The average molecular weight is 387 g/mol. The molecule has 29 heavy (non-hydrogen) atoms. The maximum Gasteiger partial charge on any atom is 0.0388 e. The largest absolute Gasteiger partial charge is 0.303 e.